The van der Waals surface area contributed by atoms with Gasteiger partial charge in [-0.05, 0) is 57.9 Å². The van der Waals surface area contributed by atoms with Crippen LogP contribution < -0.4 is 5.32 Å². The third-order valence-corrected chi connectivity index (χ3v) is 5.30. The van der Waals surface area contributed by atoms with Gasteiger partial charge >= 0.3 is 0 Å². The first-order chi connectivity index (χ1) is 12.0. The van der Waals surface area contributed by atoms with Crippen LogP contribution in [0.3, 0.4) is 0 Å². The zero-order chi connectivity index (χ0) is 18.0. The Labute approximate surface area is 151 Å². The van der Waals surface area contributed by atoms with Crippen LogP contribution in [0.5, 0.6) is 0 Å². The number of nitrogens with zero attached hydrogens (tertiary/aromatic N) is 3. The van der Waals surface area contributed by atoms with Crippen molar-refractivity contribution in [3.05, 3.63) is 35.7 Å². The lowest BCUT2D eigenvalue weighted by molar-refractivity contribution is -0.115. The van der Waals surface area contributed by atoms with Gasteiger partial charge in [0.15, 0.2) is 10.9 Å². The van der Waals surface area contributed by atoms with E-state index in [0.717, 1.165) is 17.5 Å². The average molecular weight is 358 g/mol. The number of benzene rings is 1. The van der Waals surface area contributed by atoms with E-state index < -0.39 is 0 Å². The van der Waals surface area contributed by atoms with Gasteiger partial charge in [0.25, 0.3) is 0 Å². The standard InChI is InChI=1S/C18H22N4O2S/c1-4-22-16(14-5-6-14)20-21-18(22)25-12(3)17(24)19-15-9-7-13(8-10-15)11(2)23/h7-10,12,14H,4-6H2,1-3H3,(H,19,24)/t12-/m1/s1. The first-order valence-electron chi connectivity index (χ1n) is 8.51. The monoisotopic (exact) mass is 358 g/mol. The van der Waals surface area contributed by atoms with Gasteiger partial charge in [-0.3, -0.25) is 9.59 Å². The summed E-state index contributed by atoms with van der Waals surface area (Å²) in [5, 5.41) is 11.9. The average Bonchev–Trinajstić information content (AvgIpc) is 3.36. The van der Waals surface area contributed by atoms with Crippen molar-refractivity contribution in [2.24, 2.45) is 0 Å². The molecule has 0 spiro atoms. The van der Waals surface area contributed by atoms with Gasteiger partial charge in [0, 0.05) is 23.7 Å². The fraction of sp³-hybridized carbons (Fsp3) is 0.444. The van der Waals surface area contributed by atoms with Gasteiger partial charge in [0.1, 0.15) is 5.82 Å². The van der Waals surface area contributed by atoms with Crippen molar-refractivity contribution < 1.29 is 9.59 Å². The van der Waals surface area contributed by atoms with Crippen LogP contribution in [-0.4, -0.2) is 31.7 Å². The maximum Gasteiger partial charge on any atom is 0.237 e. The van der Waals surface area contributed by atoms with Crippen molar-refractivity contribution in [3.63, 3.8) is 0 Å². The fourth-order valence-electron chi connectivity index (χ4n) is 2.57. The van der Waals surface area contributed by atoms with Gasteiger partial charge in [-0.1, -0.05) is 11.8 Å². The largest absolute Gasteiger partial charge is 0.325 e. The molecule has 2 aromatic rings. The molecule has 25 heavy (non-hydrogen) atoms. The number of rotatable bonds is 7. The van der Waals surface area contributed by atoms with Crippen molar-refractivity contribution in [1.29, 1.82) is 0 Å². The molecular weight excluding hydrogens is 336 g/mol. The molecule has 1 N–H and O–H groups in total. The number of hydrogen-bond acceptors (Lipinski definition) is 5. The molecule has 1 aromatic carbocycles. The van der Waals surface area contributed by atoms with Crippen LogP contribution in [0, 0.1) is 0 Å². The van der Waals surface area contributed by atoms with Crippen LogP contribution in [0.4, 0.5) is 5.69 Å². The smallest absolute Gasteiger partial charge is 0.237 e. The lowest BCUT2D eigenvalue weighted by Crippen LogP contribution is -2.23. The highest BCUT2D eigenvalue weighted by Gasteiger charge is 2.30. The lowest BCUT2D eigenvalue weighted by Gasteiger charge is -2.13. The second-order valence-corrected chi connectivity index (χ2v) is 7.55. The number of carbonyl (C=O) groups excluding carboxylic acids is 2. The highest BCUT2D eigenvalue weighted by Crippen LogP contribution is 2.40. The molecule has 1 heterocycles. The first kappa shape index (κ1) is 17.7. The van der Waals surface area contributed by atoms with Crippen LogP contribution in [0.1, 0.15) is 55.7 Å². The van der Waals surface area contributed by atoms with E-state index in [0.29, 0.717) is 17.2 Å². The molecule has 0 aliphatic heterocycles. The molecule has 1 amide bonds. The molecule has 0 unspecified atom stereocenters. The summed E-state index contributed by atoms with van der Waals surface area (Å²) < 4.78 is 2.10. The minimum absolute atomic E-state index is 0.00664. The van der Waals surface area contributed by atoms with E-state index in [1.54, 1.807) is 24.3 Å². The molecule has 1 aliphatic carbocycles. The van der Waals surface area contributed by atoms with E-state index >= 15 is 0 Å². The molecule has 6 nitrogen and oxygen atoms in total. The summed E-state index contributed by atoms with van der Waals surface area (Å²) in [5.74, 6) is 1.48. The molecule has 1 atom stereocenters. The van der Waals surface area contributed by atoms with Crippen molar-refractivity contribution in [2.75, 3.05) is 5.32 Å². The topological polar surface area (TPSA) is 76.9 Å². The SMILES string of the molecule is CCn1c(S[C@H](C)C(=O)Nc2ccc(C(C)=O)cc2)nnc1C1CC1. The molecular formula is C18H22N4O2S. The first-order valence-corrected chi connectivity index (χ1v) is 9.39. The van der Waals surface area contributed by atoms with Gasteiger partial charge in [-0.2, -0.15) is 0 Å². The molecule has 3 rings (SSSR count). The van der Waals surface area contributed by atoms with Crippen LogP contribution >= 0.6 is 11.8 Å². The third kappa shape index (κ3) is 4.10. The minimum Gasteiger partial charge on any atom is -0.325 e. The maximum atomic E-state index is 12.4. The van der Waals surface area contributed by atoms with Gasteiger partial charge in [0.2, 0.25) is 5.91 Å². The predicted molar refractivity (Wildman–Crippen MR) is 98.1 cm³/mol. The summed E-state index contributed by atoms with van der Waals surface area (Å²) in [6.45, 7) is 6.25. The summed E-state index contributed by atoms with van der Waals surface area (Å²) in [7, 11) is 0. The van der Waals surface area contributed by atoms with Crippen molar-refractivity contribution >= 4 is 29.1 Å². The van der Waals surface area contributed by atoms with Crippen molar-refractivity contribution in [1.82, 2.24) is 14.8 Å². The van der Waals surface area contributed by atoms with Crippen LogP contribution in [0.25, 0.3) is 0 Å². The Bertz CT molecular complexity index is 781. The molecule has 0 saturated heterocycles. The lowest BCUT2D eigenvalue weighted by atomic mass is 10.1. The molecule has 1 fully saturated rings. The Morgan fingerprint density at radius 1 is 1.28 bits per heavy atom. The van der Waals surface area contributed by atoms with Crippen molar-refractivity contribution in [3.8, 4) is 0 Å². The number of anilines is 1. The number of carbonyl (C=O) groups is 2. The number of nitrogens with one attached hydrogen (secondary N) is 1. The van der Waals surface area contributed by atoms with E-state index in [1.165, 1.54) is 31.5 Å². The highest BCUT2D eigenvalue weighted by molar-refractivity contribution is 8.00. The normalized spacial score (nSPS) is 15.0. The van der Waals surface area contributed by atoms with Gasteiger partial charge in [-0.25, -0.2) is 0 Å². The van der Waals surface area contributed by atoms with E-state index in [4.69, 9.17) is 0 Å². The quantitative estimate of drug-likeness (QED) is 0.605. The summed E-state index contributed by atoms with van der Waals surface area (Å²) in [5.41, 5.74) is 1.31. The van der Waals surface area contributed by atoms with E-state index in [9.17, 15) is 9.59 Å². The molecule has 1 saturated carbocycles. The summed E-state index contributed by atoms with van der Waals surface area (Å²) >= 11 is 1.42. The second kappa shape index (κ2) is 7.39. The summed E-state index contributed by atoms with van der Waals surface area (Å²) in [6, 6.07) is 6.91. The highest BCUT2D eigenvalue weighted by atomic mass is 32.2. The van der Waals surface area contributed by atoms with E-state index in [1.807, 2.05) is 6.92 Å². The summed E-state index contributed by atoms with van der Waals surface area (Å²) in [4.78, 5) is 23.7. The Morgan fingerprint density at radius 2 is 1.96 bits per heavy atom. The second-order valence-electron chi connectivity index (χ2n) is 6.24. The number of ketones is 1. The van der Waals surface area contributed by atoms with Crippen LogP contribution in [-0.2, 0) is 11.3 Å². The molecule has 7 heteroatoms. The number of amides is 1. The Kier molecular flexibility index (Phi) is 5.22. The minimum atomic E-state index is -0.297. The van der Waals surface area contributed by atoms with E-state index in [2.05, 4.69) is 27.0 Å². The summed E-state index contributed by atoms with van der Waals surface area (Å²) in [6.07, 6.45) is 2.35. The Hall–Kier alpha value is -2.15. The van der Waals surface area contributed by atoms with E-state index in [-0.39, 0.29) is 16.9 Å². The molecule has 0 bridgehead atoms. The third-order valence-electron chi connectivity index (χ3n) is 4.21. The molecule has 1 aliphatic rings. The zero-order valence-electron chi connectivity index (χ0n) is 14.7. The Morgan fingerprint density at radius 3 is 2.52 bits per heavy atom. The predicted octanol–water partition coefficient (Wildman–Crippen LogP) is 3.50. The fourth-order valence-corrected chi connectivity index (χ4v) is 3.49. The molecule has 1 aromatic heterocycles. The Balaban J connectivity index is 1.63. The van der Waals surface area contributed by atoms with Gasteiger partial charge < -0.3 is 9.88 Å². The zero-order valence-corrected chi connectivity index (χ0v) is 15.5. The van der Waals surface area contributed by atoms with Crippen molar-refractivity contribution in [2.45, 2.75) is 56.5 Å². The van der Waals surface area contributed by atoms with Crippen LogP contribution in [0.2, 0.25) is 0 Å². The van der Waals surface area contributed by atoms with Gasteiger partial charge in [0.05, 0.1) is 5.25 Å². The van der Waals surface area contributed by atoms with Crippen LogP contribution in [0.15, 0.2) is 29.4 Å². The van der Waals surface area contributed by atoms with Gasteiger partial charge in [-0.15, -0.1) is 10.2 Å². The molecule has 0 radical (unpaired) electrons. The maximum absolute atomic E-state index is 12.4. The molecule has 132 valence electrons. The number of hydrogen-bond donors (Lipinski definition) is 1. The number of thioether (sulfide) groups is 1. The number of aromatic nitrogens is 3. The number of Topliss-reactive ketones (excluding diaryl/α,β-unsaturated/α-hetero) is 1.